The molecule has 2 unspecified atom stereocenters. The van der Waals surface area contributed by atoms with Crippen molar-refractivity contribution in [3.63, 3.8) is 0 Å². The first kappa shape index (κ1) is 11.0. The maximum absolute atomic E-state index is 10.8. The highest BCUT2D eigenvalue weighted by Crippen LogP contribution is 2.23. The maximum atomic E-state index is 10.8. The van der Waals surface area contributed by atoms with Crippen molar-refractivity contribution in [2.45, 2.75) is 31.5 Å². The van der Waals surface area contributed by atoms with E-state index >= 15 is 0 Å². The van der Waals surface area contributed by atoms with E-state index in [1.807, 2.05) is 22.9 Å². The quantitative estimate of drug-likeness (QED) is 0.736. The van der Waals surface area contributed by atoms with Gasteiger partial charge in [0.25, 0.3) is 0 Å². The zero-order chi connectivity index (χ0) is 11.7. The molecule has 92 valence electrons. The van der Waals surface area contributed by atoms with Crippen LogP contribution in [-0.4, -0.2) is 47.6 Å². The molecule has 2 atom stereocenters. The average Bonchev–Trinajstić information content (AvgIpc) is 2.96. The third-order valence-electron chi connectivity index (χ3n) is 3.85. The number of aldehydes is 1. The number of morpholine rings is 1. The molecule has 0 radical (unpaired) electrons. The lowest BCUT2D eigenvalue weighted by Crippen LogP contribution is -2.47. The van der Waals surface area contributed by atoms with Crippen LogP contribution < -0.4 is 0 Å². The smallest absolute Gasteiger partial charge is 0.166 e. The van der Waals surface area contributed by atoms with Gasteiger partial charge in [-0.15, -0.1) is 0 Å². The van der Waals surface area contributed by atoms with Crippen LogP contribution in [0.2, 0.25) is 0 Å². The fourth-order valence-corrected chi connectivity index (χ4v) is 2.92. The van der Waals surface area contributed by atoms with E-state index in [4.69, 9.17) is 4.74 Å². The Bertz CT molecular complexity index is 402. The number of carbonyl (C=O) groups excluding carboxylic acids is 1. The minimum atomic E-state index is 0.218. The van der Waals surface area contributed by atoms with Gasteiger partial charge in [-0.1, -0.05) is 0 Å². The number of rotatable bonds is 3. The molecule has 0 aromatic carbocycles. The molecule has 0 bridgehead atoms. The molecule has 17 heavy (non-hydrogen) atoms. The van der Waals surface area contributed by atoms with E-state index in [2.05, 4.69) is 4.90 Å². The lowest BCUT2D eigenvalue weighted by atomic mass is 10.2. The highest BCUT2D eigenvalue weighted by molar-refractivity contribution is 5.72. The number of ether oxygens (including phenoxy) is 1. The number of carbonyl (C=O) groups is 1. The molecule has 1 aromatic heterocycles. The summed E-state index contributed by atoms with van der Waals surface area (Å²) in [7, 11) is 0. The number of hydrogen-bond donors (Lipinski definition) is 0. The van der Waals surface area contributed by atoms with E-state index in [0.29, 0.717) is 6.04 Å². The van der Waals surface area contributed by atoms with Gasteiger partial charge in [-0.2, -0.15) is 0 Å². The maximum Gasteiger partial charge on any atom is 0.166 e. The summed E-state index contributed by atoms with van der Waals surface area (Å²) < 4.78 is 7.87. The second-order valence-electron chi connectivity index (χ2n) is 4.95. The normalized spacial score (nSPS) is 29.2. The summed E-state index contributed by atoms with van der Waals surface area (Å²) in [4.78, 5) is 13.4. The lowest BCUT2D eigenvalue weighted by molar-refractivity contribution is -0.0552. The Labute approximate surface area is 101 Å². The molecule has 2 aliphatic heterocycles. The van der Waals surface area contributed by atoms with Gasteiger partial charge in [-0.3, -0.25) is 9.69 Å². The van der Waals surface area contributed by atoms with Gasteiger partial charge in [0.15, 0.2) is 6.29 Å². The molecule has 0 spiro atoms. The summed E-state index contributed by atoms with van der Waals surface area (Å²) in [6.45, 7) is 3.84. The van der Waals surface area contributed by atoms with Crippen LogP contribution in [0.3, 0.4) is 0 Å². The molecule has 0 saturated carbocycles. The second kappa shape index (κ2) is 4.63. The molecule has 0 amide bonds. The Morgan fingerprint density at radius 1 is 1.53 bits per heavy atom. The molecule has 2 saturated heterocycles. The van der Waals surface area contributed by atoms with Crippen LogP contribution >= 0.6 is 0 Å². The van der Waals surface area contributed by atoms with Crippen molar-refractivity contribution in [1.29, 1.82) is 0 Å². The molecule has 1 aromatic rings. The Hall–Kier alpha value is -1.13. The Morgan fingerprint density at radius 2 is 2.47 bits per heavy atom. The van der Waals surface area contributed by atoms with Crippen LogP contribution in [-0.2, 0) is 11.3 Å². The molecule has 3 heterocycles. The lowest BCUT2D eigenvalue weighted by Gasteiger charge is -2.35. The second-order valence-corrected chi connectivity index (χ2v) is 4.95. The van der Waals surface area contributed by atoms with E-state index in [0.717, 1.165) is 31.7 Å². The molecule has 2 fully saturated rings. The first-order valence-corrected chi connectivity index (χ1v) is 6.33. The van der Waals surface area contributed by atoms with Crippen molar-refractivity contribution in [3.8, 4) is 0 Å². The minimum Gasteiger partial charge on any atom is -0.373 e. The van der Waals surface area contributed by atoms with E-state index in [1.54, 1.807) is 0 Å². The number of aromatic nitrogens is 1. The van der Waals surface area contributed by atoms with Crippen LogP contribution in [0.4, 0.5) is 0 Å². The zero-order valence-electron chi connectivity index (χ0n) is 9.92. The predicted molar refractivity (Wildman–Crippen MR) is 64.2 cm³/mol. The van der Waals surface area contributed by atoms with Crippen LogP contribution in [0, 0.1) is 0 Å². The Morgan fingerprint density at radius 3 is 3.35 bits per heavy atom. The van der Waals surface area contributed by atoms with Crippen LogP contribution in [0.25, 0.3) is 0 Å². The molecular formula is C13H18N2O2. The number of hydrogen-bond acceptors (Lipinski definition) is 3. The molecule has 0 aliphatic carbocycles. The van der Waals surface area contributed by atoms with Crippen LogP contribution in [0.1, 0.15) is 23.3 Å². The standard InChI is InChI=1S/C13H18N2O2/c16-9-11-3-1-5-14(11)7-13-8-15-6-2-4-12(15)10-17-13/h1,3,5,9,12-13H,2,4,6-8,10H2. The average molecular weight is 234 g/mol. The molecular weight excluding hydrogens is 216 g/mol. The third-order valence-corrected chi connectivity index (χ3v) is 3.85. The van der Waals surface area contributed by atoms with E-state index in [9.17, 15) is 4.79 Å². The van der Waals surface area contributed by atoms with Crippen molar-refractivity contribution in [1.82, 2.24) is 9.47 Å². The predicted octanol–water partition coefficient (Wildman–Crippen LogP) is 1.16. The van der Waals surface area contributed by atoms with Crippen molar-refractivity contribution in [2.24, 2.45) is 0 Å². The van der Waals surface area contributed by atoms with Crippen molar-refractivity contribution in [2.75, 3.05) is 19.7 Å². The monoisotopic (exact) mass is 234 g/mol. The Balaban J connectivity index is 1.64. The summed E-state index contributed by atoms with van der Waals surface area (Å²) in [5.41, 5.74) is 0.733. The van der Waals surface area contributed by atoms with Gasteiger partial charge >= 0.3 is 0 Å². The van der Waals surface area contributed by atoms with Crippen LogP contribution in [0.5, 0.6) is 0 Å². The van der Waals surface area contributed by atoms with Gasteiger partial charge < -0.3 is 9.30 Å². The molecule has 4 nitrogen and oxygen atoms in total. The van der Waals surface area contributed by atoms with E-state index in [-0.39, 0.29) is 6.10 Å². The van der Waals surface area contributed by atoms with Gasteiger partial charge in [0, 0.05) is 18.8 Å². The van der Waals surface area contributed by atoms with Gasteiger partial charge in [0.2, 0.25) is 0 Å². The first-order valence-electron chi connectivity index (χ1n) is 6.33. The fraction of sp³-hybridized carbons (Fsp3) is 0.615. The van der Waals surface area contributed by atoms with Crippen molar-refractivity contribution >= 4 is 6.29 Å². The molecule has 4 heteroatoms. The number of fused-ring (bicyclic) bond motifs is 1. The molecule has 3 rings (SSSR count). The fourth-order valence-electron chi connectivity index (χ4n) is 2.92. The van der Waals surface area contributed by atoms with Gasteiger partial charge in [0.05, 0.1) is 24.9 Å². The summed E-state index contributed by atoms with van der Waals surface area (Å²) in [5.74, 6) is 0. The van der Waals surface area contributed by atoms with Crippen molar-refractivity contribution < 1.29 is 9.53 Å². The molecule has 0 N–H and O–H groups in total. The summed E-state index contributed by atoms with van der Waals surface area (Å²) in [6.07, 6.45) is 5.64. The number of nitrogens with zero attached hydrogens (tertiary/aromatic N) is 2. The largest absolute Gasteiger partial charge is 0.373 e. The Kier molecular flexibility index (Phi) is 2.99. The summed E-state index contributed by atoms with van der Waals surface area (Å²) in [6, 6.07) is 4.39. The van der Waals surface area contributed by atoms with E-state index < -0.39 is 0 Å². The first-order chi connectivity index (χ1) is 8.36. The van der Waals surface area contributed by atoms with Gasteiger partial charge in [-0.05, 0) is 31.5 Å². The SMILES string of the molecule is O=Cc1cccn1CC1CN2CCCC2CO1. The zero-order valence-corrected chi connectivity index (χ0v) is 9.92. The summed E-state index contributed by atoms with van der Waals surface area (Å²) >= 11 is 0. The van der Waals surface area contributed by atoms with Crippen molar-refractivity contribution in [3.05, 3.63) is 24.0 Å². The topological polar surface area (TPSA) is 34.5 Å². The highest BCUT2D eigenvalue weighted by atomic mass is 16.5. The van der Waals surface area contributed by atoms with Gasteiger partial charge in [0.1, 0.15) is 0 Å². The molecule has 2 aliphatic rings. The summed E-state index contributed by atoms with van der Waals surface area (Å²) in [5, 5.41) is 0. The van der Waals surface area contributed by atoms with Gasteiger partial charge in [-0.25, -0.2) is 0 Å². The third kappa shape index (κ3) is 2.15. The van der Waals surface area contributed by atoms with Crippen LogP contribution in [0.15, 0.2) is 18.3 Å². The minimum absolute atomic E-state index is 0.218. The highest BCUT2D eigenvalue weighted by Gasteiger charge is 2.32. The van der Waals surface area contributed by atoms with E-state index in [1.165, 1.54) is 19.4 Å².